The summed E-state index contributed by atoms with van der Waals surface area (Å²) in [6, 6.07) is 4.48. The second-order valence-corrected chi connectivity index (χ2v) is 4.37. The van der Waals surface area contributed by atoms with Crippen LogP contribution in [0, 0.1) is 6.92 Å². The fraction of sp³-hybridized carbons (Fsp3) is 0.500. The minimum Gasteiger partial charge on any atom is -0.0955 e. The van der Waals surface area contributed by atoms with E-state index >= 15 is 0 Å². The van der Waals surface area contributed by atoms with Crippen molar-refractivity contribution >= 4 is 5.57 Å². The van der Waals surface area contributed by atoms with Gasteiger partial charge < -0.3 is 0 Å². The summed E-state index contributed by atoms with van der Waals surface area (Å²) < 4.78 is 0. The second-order valence-electron chi connectivity index (χ2n) is 4.37. The molecule has 0 unspecified atom stereocenters. The maximum atomic E-state index is 4.06. The van der Waals surface area contributed by atoms with E-state index in [1.54, 1.807) is 11.1 Å². The third-order valence-corrected chi connectivity index (χ3v) is 3.23. The lowest BCUT2D eigenvalue weighted by molar-refractivity contribution is 0.680. The van der Waals surface area contributed by atoms with E-state index in [1.165, 1.54) is 42.4 Å². The summed E-state index contributed by atoms with van der Waals surface area (Å²) in [6.07, 6.45) is 5.21. The maximum Gasteiger partial charge on any atom is -0.0198 e. The molecule has 1 aliphatic rings. The van der Waals surface area contributed by atoms with E-state index in [-0.39, 0.29) is 0 Å². The highest BCUT2D eigenvalue weighted by Gasteiger charge is 2.14. The average molecular weight is 216 g/mol. The van der Waals surface area contributed by atoms with Crippen molar-refractivity contribution in [2.75, 3.05) is 0 Å². The quantitative estimate of drug-likeness (QED) is 0.624. The molecule has 1 aromatic carbocycles. The van der Waals surface area contributed by atoms with E-state index in [1.807, 2.05) is 13.8 Å². The van der Waals surface area contributed by atoms with Crippen molar-refractivity contribution in [2.24, 2.45) is 0 Å². The molecule has 0 aromatic heterocycles. The highest BCUT2D eigenvalue weighted by Crippen LogP contribution is 2.30. The predicted octanol–water partition coefficient (Wildman–Crippen LogP) is 4.93. The van der Waals surface area contributed by atoms with Crippen LogP contribution in [-0.2, 0) is 12.8 Å². The third-order valence-electron chi connectivity index (χ3n) is 3.23. The molecule has 0 heterocycles. The van der Waals surface area contributed by atoms with Crippen LogP contribution < -0.4 is 0 Å². The highest BCUT2D eigenvalue weighted by molar-refractivity contribution is 5.67. The fourth-order valence-corrected chi connectivity index (χ4v) is 2.45. The number of aryl methyl sites for hydroxylation is 1. The molecule has 0 heteroatoms. The number of benzene rings is 1. The predicted molar refractivity (Wildman–Crippen MR) is 73.9 cm³/mol. The van der Waals surface area contributed by atoms with Gasteiger partial charge in [0.05, 0.1) is 0 Å². The first-order chi connectivity index (χ1) is 7.70. The normalized spacial score (nSPS) is 13.5. The van der Waals surface area contributed by atoms with Gasteiger partial charge in [-0.05, 0) is 61.8 Å². The molecular weight excluding hydrogens is 192 g/mol. The molecule has 16 heavy (non-hydrogen) atoms. The molecule has 0 amide bonds. The lowest BCUT2D eigenvalue weighted by atomic mass is 9.84. The van der Waals surface area contributed by atoms with Gasteiger partial charge in [0, 0.05) is 0 Å². The van der Waals surface area contributed by atoms with Gasteiger partial charge in [0.15, 0.2) is 0 Å². The highest BCUT2D eigenvalue weighted by atomic mass is 14.2. The Hall–Kier alpha value is -1.04. The van der Waals surface area contributed by atoms with Crippen LogP contribution in [0.3, 0.4) is 0 Å². The summed E-state index contributed by atoms with van der Waals surface area (Å²) >= 11 is 0. The Morgan fingerprint density at radius 1 is 1.06 bits per heavy atom. The zero-order valence-corrected chi connectivity index (χ0v) is 11.2. The number of fused-ring (bicyclic) bond motifs is 1. The standard InChI is InChI=1S/C14H18.C2H6/c1-10(2)12-9-8-11(3)13-6-4-5-7-14(12)13;1-2/h8-9H,1,4-7H2,2-3H3;1-2H3. The van der Waals surface area contributed by atoms with E-state index < -0.39 is 0 Å². The molecule has 0 atom stereocenters. The van der Waals surface area contributed by atoms with Crippen molar-refractivity contribution < 1.29 is 0 Å². The number of hydrogen-bond acceptors (Lipinski definition) is 0. The molecule has 0 bridgehead atoms. The van der Waals surface area contributed by atoms with Crippen LogP contribution in [0.5, 0.6) is 0 Å². The van der Waals surface area contributed by atoms with Crippen LogP contribution in [0.25, 0.3) is 5.57 Å². The first-order valence-electron chi connectivity index (χ1n) is 6.47. The molecule has 0 saturated heterocycles. The van der Waals surface area contributed by atoms with Crippen molar-refractivity contribution in [3.8, 4) is 0 Å². The van der Waals surface area contributed by atoms with E-state index in [0.717, 1.165) is 0 Å². The van der Waals surface area contributed by atoms with Crippen molar-refractivity contribution in [2.45, 2.75) is 53.4 Å². The third kappa shape index (κ3) is 2.55. The molecule has 1 aliphatic carbocycles. The van der Waals surface area contributed by atoms with E-state index in [0.29, 0.717) is 0 Å². The first kappa shape index (κ1) is 13.0. The van der Waals surface area contributed by atoms with Gasteiger partial charge >= 0.3 is 0 Å². The minimum absolute atomic E-state index is 1.21. The summed E-state index contributed by atoms with van der Waals surface area (Å²) in [6.45, 7) is 12.4. The molecule has 0 fully saturated rings. The van der Waals surface area contributed by atoms with Gasteiger partial charge in [-0.1, -0.05) is 38.1 Å². The molecule has 2 rings (SSSR count). The van der Waals surface area contributed by atoms with Crippen LogP contribution in [0.4, 0.5) is 0 Å². The van der Waals surface area contributed by atoms with Gasteiger partial charge in [-0.25, -0.2) is 0 Å². The Balaban J connectivity index is 0.000000606. The topological polar surface area (TPSA) is 0 Å². The summed E-state index contributed by atoms with van der Waals surface area (Å²) in [5.41, 5.74) is 7.23. The summed E-state index contributed by atoms with van der Waals surface area (Å²) in [5.74, 6) is 0. The Kier molecular flexibility index (Phi) is 4.79. The van der Waals surface area contributed by atoms with Gasteiger partial charge in [-0.15, -0.1) is 0 Å². The second kappa shape index (κ2) is 5.89. The Morgan fingerprint density at radius 2 is 1.62 bits per heavy atom. The van der Waals surface area contributed by atoms with Gasteiger partial charge in [0.2, 0.25) is 0 Å². The molecule has 0 spiro atoms. The van der Waals surface area contributed by atoms with Crippen molar-refractivity contribution in [1.82, 2.24) is 0 Å². The minimum atomic E-state index is 1.21. The fourth-order valence-electron chi connectivity index (χ4n) is 2.45. The van der Waals surface area contributed by atoms with E-state index in [2.05, 4.69) is 32.6 Å². The largest absolute Gasteiger partial charge is 0.0955 e. The lowest BCUT2D eigenvalue weighted by Crippen LogP contribution is -2.07. The monoisotopic (exact) mass is 216 g/mol. The van der Waals surface area contributed by atoms with Crippen LogP contribution in [0.2, 0.25) is 0 Å². The number of hydrogen-bond donors (Lipinski definition) is 0. The van der Waals surface area contributed by atoms with Crippen molar-refractivity contribution in [1.29, 1.82) is 0 Å². The van der Waals surface area contributed by atoms with E-state index in [4.69, 9.17) is 0 Å². The van der Waals surface area contributed by atoms with Gasteiger partial charge in [-0.2, -0.15) is 0 Å². The Morgan fingerprint density at radius 3 is 2.19 bits per heavy atom. The molecule has 0 nitrogen and oxygen atoms in total. The first-order valence-corrected chi connectivity index (χ1v) is 6.47. The van der Waals surface area contributed by atoms with Crippen LogP contribution >= 0.6 is 0 Å². The molecule has 1 aromatic rings. The van der Waals surface area contributed by atoms with Crippen molar-refractivity contribution in [3.05, 3.63) is 41.0 Å². The van der Waals surface area contributed by atoms with Crippen LogP contribution in [0.15, 0.2) is 18.7 Å². The van der Waals surface area contributed by atoms with Gasteiger partial charge in [0.1, 0.15) is 0 Å². The Labute approximate surface area is 100 Å². The molecule has 88 valence electrons. The van der Waals surface area contributed by atoms with E-state index in [9.17, 15) is 0 Å². The summed E-state index contributed by atoms with van der Waals surface area (Å²) in [7, 11) is 0. The molecular formula is C16H24. The van der Waals surface area contributed by atoms with Crippen LogP contribution in [-0.4, -0.2) is 0 Å². The van der Waals surface area contributed by atoms with Gasteiger partial charge in [-0.3, -0.25) is 0 Å². The molecule has 0 aliphatic heterocycles. The average Bonchev–Trinajstić information content (AvgIpc) is 2.32. The number of rotatable bonds is 1. The van der Waals surface area contributed by atoms with Crippen molar-refractivity contribution in [3.63, 3.8) is 0 Å². The summed E-state index contributed by atoms with van der Waals surface area (Å²) in [5, 5.41) is 0. The molecule has 0 saturated carbocycles. The zero-order chi connectivity index (χ0) is 12.1. The lowest BCUT2D eigenvalue weighted by Gasteiger charge is -2.21. The smallest absolute Gasteiger partial charge is 0.0198 e. The van der Waals surface area contributed by atoms with Gasteiger partial charge in [0.25, 0.3) is 0 Å². The SMILES string of the molecule is C=C(C)c1ccc(C)c2c1CCCC2.CC. The molecule has 0 radical (unpaired) electrons. The number of allylic oxidation sites excluding steroid dienone is 1. The van der Waals surface area contributed by atoms with Crippen LogP contribution in [0.1, 0.15) is 55.9 Å². The zero-order valence-electron chi connectivity index (χ0n) is 11.2. The molecule has 0 N–H and O–H groups in total. The Bertz CT molecular complexity index is 372. The maximum absolute atomic E-state index is 4.06. The summed E-state index contributed by atoms with van der Waals surface area (Å²) in [4.78, 5) is 0.